The number of ether oxygens (including phenoxy) is 1. The average Bonchev–Trinajstić information content (AvgIpc) is 2.50. The number of rotatable bonds is 2. The summed E-state index contributed by atoms with van der Waals surface area (Å²) in [5.74, 6) is 2.33. The Hall–Kier alpha value is -0.560. The monoisotopic (exact) mass is 164 g/mol. The fourth-order valence-electron chi connectivity index (χ4n) is 2.47. The van der Waals surface area contributed by atoms with Gasteiger partial charge in [0.05, 0.1) is 0 Å². The summed E-state index contributed by atoms with van der Waals surface area (Å²) >= 11 is 0. The maximum atomic E-state index is 5.22. The Bertz CT molecular complexity index is 205. The van der Waals surface area contributed by atoms with E-state index >= 15 is 0 Å². The topological polar surface area (TPSA) is 9.23 Å². The zero-order chi connectivity index (χ0) is 8.39. The Morgan fingerprint density at radius 2 is 2.08 bits per heavy atom. The van der Waals surface area contributed by atoms with Gasteiger partial charge in [0, 0.05) is 13.7 Å². The number of hydrogen-bond acceptors (Lipinski definition) is 1. The molecule has 0 aromatic heterocycles. The number of methoxy groups -OCH3 is 1. The third kappa shape index (κ3) is 1.34. The summed E-state index contributed by atoms with van der Waals surface area (Å²) in [6.07, 6.45) is 11.7. The summed E-state index contributed by atoms with van der Waals surface area (Å²) in [6.45, 7) is 0.930. The molecule has 0 aromatic rings. The standard InChI is InChI=1S/C11H16O/c1-12-8-10-7-6-9-4-2-3-5-11(9)10/h2-5,9-11H,6-8H2,1H3. The minimum Gasteiger partial charge on any atom is -0.384 e. The fourth-order valence-corrected chi connectivity index (χ4v) is 2.47. The highest BCUT2D eigenvalue weighted by molar-refractivity contribution is 5.17. The average molecular weight is 164 g/mol. The van der Waals surface area contributed by atoms with Crippen LogP contribution >= 0.6 is 0 Å². The van der Waals surface area contributed by atoms with Crippen molar-refractivity contribution < 1.29 is 4.74 Å². The molecule has 2 aliphatic rings. The molecular formula is C11H16O. The van der Waals surface area contributed by atoms with E-state index in [1.54, 1.807) is 7.11 Å². The van der Waals surface area contributed by atoms with Gasteiger partial charge in [-0.05, 0) is 30.6 Å². The van der Waals surface area contributed by atoms with Gasteiger partial charge in [0.1, 0.15) is 0 Å². The van der Waals surface area contributed by atoms with Gasteiger partial charge in [-0.1, -0.05) is 24.3 Å². The van der Waals surface area contributed by atoms with Crippen LogP contribution in [-0.4, -0.2) is 13.7 Å². The van der Waals surface area contributed by atoms with Gasteiger partial charge in [-0.15, -0.1) is 0 Å². The van der Waals surface area contributed by atoms with Crippen molar-refractivity contribution >= 4 is 0 Å². The molecule has 0 N–H and O–H groups in total. The van der Waals surface area contributed by atoms with Crippen LogP contribution < -0.4 is 0 Å². The fraction of sp³-hybridized carbons (Fsp3) is 0.636. The van der Waals surface area contributed by atoms with E-state index in [1.165, 1.54) is 12.8 Å². The first-order chi connectivity index (χ1) is 5.92. The lowest BCUT2D eigenvalue weighted by Gasteiger charge is -2.20. The Labute approximate surface area is 74.1 Å². The molecule has 1 fully saturated rings. The molecule has 1 nitrogen and oxygen atoms in total. The summed E-state index contributed by atoms with van der Waals surface area (Å²) in [7, 11) is 1.80. The molecule has 0 amide bonds. The van der Waals surface area contributed by atoms with Crippen LogP contribution in [0, 0.1) is 17.8 Å². The van der Waals surface area contributed by atoms with Crippen molar-refractivity contribution in [2.75, 3.05) is 13.7 Å². The molecule has 0 spiro atoms. The minimum absolute atomic E-state index is 0.759. The van der Waals surface area contributed by atoms with E-state index in [-0.39, 0.29) is 0 Å². The molecular weight excluding hydrogens is 148 g/mol. The van der Waals surface area contributed by atoms with Crippen LogP contribution in [0.15, 0.2) is 24.3 Å². The van der Waals surface area contributed by atoms with Crippen molar-refractivity contribution in [1.29, 1.82) is 0 Å². The van der Waals surface area contributed by atoms with E-state index in [1.807, 2.05) is 0 Å². The molecule has 0 radical (unpaired) electrons. The molecule has 12 heavy (non-hydrogen) atoms. The Balaban J connectivity index is 2.03. The number of allylic oxidation sites excluding steroid dienone is 4. The van der Waals surface area contributed by atoms with Crippen LogP contribution in [0.3, 0.4) is 0 Å². The largest absolute Gasteiger partial charge is 0.384 e. The van der Waals surface area contributed by atoms with Gasteiger partial charge in [-0.2, -0.15) is 0 Å². The van der Waals surface area contributed by atoms with Crippen LogP contribution in [0.25, 0.3) is 0 Å². The smallest absolute Gasteiger partial charge is 0.0496 e. The third-order valence-corrected chi connectivity index (χ3v) is 3.09. The Morgan fingerprint density at radius 3 is 2.92 bits per heavy atom. The molecule has 3 atom stereocenters. The first-order valence-corrected chi connectivity index (χ1v) is 4.76. The Kier molecular flexibility index (Phi) is 2.31. The molecule has 3 unspecified atom stereocenters. The lowest BCUT2D eigenvalue weighted by molar-refractivity contribution is 0.139. The first-order valence-electron chi connectivity index (χ1n) is 4.76. The lowest BCUT2D eigenvalue weighted by Crippen LogP contribution is -2.16. The van der Waals surface area contributed by atoms with Crippen molar-refractivity contribution in [2.24, 2.45) is 17.8 Å². The zero-order valence-corrected chi connectivity index (χ0v) is 7.57. The zero-order valence-electron chi connectivity index (χ0n) is 7.57. The van der Waals surface area contributed by atoms with Gasteiger partial charge >= 0.3 is 0 Å². The van der Waals surface area contributed by atoms with E-state index in [0.717, 1.165) is 24.4 Å². The quantitative estimate of drug-likeness (QED) is 0.609. The van der Waals surface area contributed by atoms with Crippen molar-refractivity contribution in [3.8, 4) is 0 Å². The molecule has 1 heteroatoms. The highest BCUT2D eigenvalue weighted by Crippen LogP contribution is 2.40. The van der Waals surface area contributed by atoms with Crippen molar-refractivity contribution in [3.05, 3.63) is 24.3 Å². The van der Waals surface area contributed by atoms with Gasteiger partial charge < -0.3 is 4.74 Å². The van der Waals surface area contributed by atoms with Crippen molar-refractivity contribution in [3.63, 3.8) is 0 Å². The lowest BCUT2D eigenvalue weighted by atomic mass is 9.87. The molecule has 0 aliphatic heterocycles. The van der Waals surface area contributed by atoms with Crippen LogP contribution in [0.2, 0.25) is 0 Å². The highest BCUT2D eigenvalue weighted by Gasteiger charge is 2.33. The Morgan fingerprint density at radius 1 is 1.25 bits per heavy atom. The summed E-state index contributed by atoms with van der Waals surface area (Å²) in [4.78, 5) is 0. The summed E-state index contributed by atoms with van der Waals surface area (Å²) in [5.41, 5.74) is 0. The maximum Gasteiger partial charge on any atom is 0.0496 e. The van der Waals surface area contributed by atoms with Gasteiger partial charge in [0.25, 0.3) is 0 Å². The van der Waals surface area contributed by atoms with Gasteiger partial charge in [0.15, 0.2) is 0 Å². The van der Waals surface area contributed by atoms with E-state index in [9.17, 15) is 0 Å². The van der Waals surface area contributed by atoms with Crippen LogP contribution in [0.1, 0.15) is 12.8 Å². The van der Waals surface area contributed by atoms with Gasteiger partial charge in [0.2, 0.25) is 0 Å². The van der Waals surface area contributed by atoms with Gasteiger partial charge in [-0.25, -0.2) is 0 Å². The van der Waals surface area contributed by atoms with E-state index in [4.69, 9.17) is 4.74 Å². The summed E-state index contributed by atoms with van der Waals surface area (Å²) < 4.78 is 5.22. The molecule has 2 rings (SSSR count). The molecule has 0 heterocycles. The van der Waals surface area contributed by atoms with E-state index in [0.29, 0.717) is 0 Å². The summed E-state index contributed by atoms with van der Waals surface area (Å²) in [6, 6.07) is 0. The highest BCUT2D eigenvalue weighted by atomic mass is 16.5. The van der Waals surface area contributed by atoms with Crippen molar-refractivity contribution in [1.82, 2.24) is 0 Å². The van der Waals surface area contributed by atoms with Crippen LogP contribution in [0.4, 0.5) is 0 Å². The molecule has 0 saturated heterocycles. The SMILES string of the molecule is COCC1CCC2C=CC=CC21. The second-order valence-electron chi connectivity index (χ2n) is 3.80. The minimum atomic E-state index is 0.759. The molecule has 0 aromatic carbocycles. The van der Waals surface area contributed by atoms with E-state index < -0.39 is 0 Å². The van der Waals surface area contributed by atoms with Gasteiger partial charge in [-0.3, -0.25) is 0 Å². The summed E-state index contributed by atoms with van der Waals surface area (Å²) in [5, 5.41) is 0. The number of fused-ring (bicyclic) bond motifs is 1. The molecule has 1 saturated carbocycles. The first kappa shape index (κ1) is 8.06. The normalized spacial score (nSPS) is 38.6. The van der Waals surface area contributed by atoms with Crippen LogP contribution in [-0.2, 0) is 4.74 Å². The van der Waals surface area contributed by atoms with Crippen molar-refractivity contribution in [2.45, 2.75) is 12.8 Å². The molecule has 2 aliphatic carbocycles. The number of hydrogen-bond donors (Lipinski definition) is 0. The molecule has 66 valence electrons. The molecule has 0 bridgehead atoms. The van der Waals surface area contributed by atoms with E-state index in [2.05, 4.69) is 24.3 Å². The maximum absolute atomic E-state index is 5.22. The van der Waals surface area contributed by atoms with Crippen LogP contribution in [0.5, 0.6) is 0 Å². The predicted octanol–water partition coefficient (Wildman–Crippen LogP) is 2.40. The second-order valence-corrected chi connectivity index (χ2v) is 3.80. The second kappa shape index (κ2) is 3.44. The third-order valence-electron chi connectivity index (χ3n) is 3.09. The predicted molar refractivity (Wildman–Crippen MR) is 49.9 cm³/mol.